The molecule has 1 fully saturated rings. The quantitative estimate of drug-likeness (QED) is 0.542. The van der Waals surface area contributed by atoms with E-state index in [-0.39, 0.29) is 0 Å². The van der Waals surface area contributed by atoms with Crippen molar-refractivity contribution in [1.29, 1.82) is 5.26 Å². The van der Waals surface area contributed by atoms with Gasteiger partial charge in [0.25, 0.3) is 0 Å². The number of rotatable bonds is 1. The van der Waals surface area contributed by atoms with Gasteiger partial charge in [-0.1, -0.05) is 19.1 Å². The molecule has 0 radical (unpaired) electrons. The summed E-state index contributed by atoms with van der Waals surface area (Å²) >= 11 is 0. The average Bonchev–Trinajstić information content (AvgIpc) is 2.18. The topological polar surface area (TPSA) is 23.8 Å². The first-order valence-electron chi connectivity index (χ1n) is 4.80. The van der Waals surface area contributed by atoms with E-state index in [0.717, 1.165) is 18.3 Å². The molecule has 0 heterocycles. The predicted octanol–water partition coefficient (Wildman–Crippen LogP) is 2.89. The smallest absolute Gasteiger partial charge is 0.0630 e. The third kappa shape index (κ3) is 1.16. The van der Waals surface area contributed by atoms with Gasteiger partial charge in [-0.25, -0.2) is 0 Å². The third-order valence-electron chi connectivity index (χ3n) is 3.30. The minimum absolute atomic E-state index is 0.296. The van der Waals surface area contributed by atoms with Crippen LogP contribution >= 0.6 is 0 Å². The molecule has 0 amide bonds. The Kier molecular flexibility index (Phi) is 1.72. The lowest BCUT2D eigenvalue weighted by Crippen LogP contribution is -2.34. The van der Waals surface area contributed by atoms with E-state index in [1.165, 1.54) is 19.3 Å². The van der Waals surface area contributed by atoms with Crippen LogP contribution in [0.3, 0.4) is 0 Å². The second kappa shape index (κ2) is 2.62. The number of hydrogen-bond acceptors (Lipinski definition) is 1. The second-order valence-corrected chi connectivity index (χ2v) is 4.54. The summed E-state index contributed by atoms with van der Waals surface area (Å²) in [4.78, 5) is 0. The van der Waals surface area contributed by atoms with E-state index in [4.69, 9.17) is 5.26 Å². The van der Waals surface area contributed by atoms with Crippen LogP contribution in [0.25, 0.3) is 0 Å². The fraction of sp³-hybridized carbons (Fsp3) is 0.727. The van der Waals surface area contributed by atoms with Gasteiger partial charge in [0.05, 0.1) is 6.07 Å². The zero-order valence-corrected chi connectivity index (χ0v) is 7.59. The van der Waals surface area contributed by atoms with Gasteiger partial charge < -0.3 is 0 Å². The summed E-state index contributed by atoms with van der Waals surface area (Å²) in [6, 6.07) is 2.31. The molecule has 1 nitrogen and oxygen atoms in total. The van der Waals surface area contributed by atoms with Gasteiger partial charge in [0.15, 0.2) is 0 Å². The van der Waals surface area contributed by atoms with Gasteiger partial charge in [0.2, 0.25) is 0 Å². The van der Waals surface area contributed by atoms with Gasteiger partial charge in [0, 0.05) is 11.8 Å². The molecule has 0 saturated heterocycles. The van der Waals surface area contributed by atoms with Crippen LogP contribution in [0.2, 0.25) is 0 Å². The van der Waals surface area contributed by atoms with Crippen molar-refractivity contribution in [2.24, 2.45) is 17.3 Å². The van der Waals surface area contributed by atoms with Crippen molar-refractivity contribution >= 4 is 0 Å². The van der Waals surface area contributed by atoms with Gasteiger partial charge in [0.1, 0.15) is 0 Å². The van der Waals surface area contributed by atoms with Gasteiger partial charge in [-0.3, -0.25) is 0 Å². The van der Waals surface area contributed by atoms with Crippen molar-refractivity contribution in [3.05, 3.63) is 12.2 Å². The first-order chi connectivity index (χ1) is 5.74. The fourth-order valence-electron chi connectivity index (χ4n) is 2.73. The molecule has 0 aromatic rings. The lowest BCUT2D eigenvalue weighted by atomic mass is 9.60. The summed E-state index contributed by atoms with van der Waals surface area (Å²) in [5.41, 5.74) is 0.296. The first-order valence-corrected chi connectivity index (χ1v) is 4.80. The maximum Gasteiger partial charge on any atom is 0.0630 e. The Morgan fingerprint density at radius 2 is 2.33 bits per heavy atom. The first kappa shape index (κ1) is 7.86. The zero-order chi connectivity index (χ0) is 8.60. The van der Waals surface area contributed by atoms with Crippen LogP contribution in [-0.4, -0.2) is 0 Å². The summed E-state index contributed by atoms with van der Waals surface area (Å²) < 4.78 is 0. The van der Waals surface area contributed by atoms with Gasteiger partial charge in [-0.05, 0) is 31.1 Å². The van der Waals surface area contributed by atoms with Crippen molar-refractivity contribution < 1.29 is 0 Å². The molecular formula is C11H15N. The maximum atomic E-state index is 8.68. The normalized spacial score (nSPS) is 44.3. The van der Waals surface area contributed by atoms with E-state index in [0.29, 0.717) is 5.41 Å². The molecule has 1 atom stereocenters. The molecule has 1 heteroatoms. The van der Waals surface area contributed by atoms with Gasteiger partial charge >= 0.3 is 0 Å². The summed E-state index contributed by atoms with van der Waals surface area (Å²) in [5.74, 6) is 1.64. The number of fused-ring (bicyclic) bond motifs is 2. The highest BCUT2D eigenvalue weighted by Gasteiger charge is 2.43. The third-order valence-corrected chi connectivity index (χ3v) is 3.30. The lowest BCUT2D eigenvalue weighted by molar-refractivity contribution is 0.108. The molecule has 3 rings (SSSR count). The van der Waals surface area contributed by atoms with Crippen LogP contribution in [0, 0.1) is 28.6 Å². The molecular weight excluding hydrogens is 146 g/mol. The highest BCUT2D eigenvalue weighted by Crippen LogP contribution is 2.53. The Morgan fingerprint density at radius 1 is 1.58 bits per heavy atom. The molecule has 3 aliphatic rings. The lowest BCUT2D eigenvalue weighted by Gasteiger charge is -2.43. The van der Waals surface area contributed by atoms with E-state index in [2.05, 4.69) is 25.1 Å². The summed E-state index contributed by atoms with van der Waals surface area (Å²) in [7, 11) is 0. The minimum Gasteiger partial charge on any atom is -0.198 e. The molecule has 0 aromatic carbocycles. The number of nitriles is 1. The van der Waals surface area contributed by atoms with Crippen molar-refractivity contribution in [2.75, 3.05) is 0 Å². The van der Waals surface area contributed by atoms with Gasteiger partial charge in [-0.2, -0.15) is 5.26 Å². The monoisotopic (exact) mass is 161 g/mol. The van der Waals surface area contributed by atoms with Gasteiger partial charge in [-0.15, -0.1) is 0 Å². The number of hydrogen-bond donors (Lipinski definition) is 0. The van der Waals surface area contributed by atoms with Crippen molar-refractivity contribution in [3.8, 4) is 6.07 Å². The zero-order valence-electron chi connectivity index (χ0n) is 7.59. The molecule has 3 aliphatic carbocycles. The summed E-state index contributed by atoms with van der Waals surface area (Å²) in [5, 5.41) is 8.68. The molecule has 0 N–H and O–H groups in total. The van der Waals surface area contributed by atoms with E-state index < -0.39 is 0 Å². The molecule has 0 aromatic heterocycles. The van der Waals surface area contributed by atoms with Crippen molar-refractivity contribution in [1.82, 2.24) is 0 Å². The van der Waals surface area contributed by atoms with E-state index in [1.54, 1.807) is 0 Å². The predicted molar refractivity (Wildman–Crippen MR) is 48.3 cm³/mol. The standard InChI is InChI=1S/C11H15N/c1-9-2-3-11(4-5-12)7-10(6-9)8-11/h2-3,9-10H,4,6-8H2,1H3. The van der Waals surface area contributed by atoms with Crippen LogP contribution in [0.4, 0.5) is 0 Å². The Balaban J connectivity index is 2.12. The average molecular weight is 161 g/mol. The highest BCUT2D eigenvalue weighted by molar-refractivity contribution is 5.14. The van der Waals surface area contributed by atoms with Crippen molar-refractivity contribution in [3.63, 3.8) is 0 Å². The Morgan fingerprint density at radius 3 is 3.00 bits per heavy atom. The molecule has 1 saturated carbocycles. The van der Waals surface area contributed by atoms with Crippen LogP contribution < -0.4 is 0 Å². The minimum atomic E-state index is 0.296. The molecule has 64 valence electrons. The summed E-state index contributed by atoms with van der Waals surface area (Å²) in [6.07, 6.45) is 9.22. The molecule has 2 bridgehead atoms. The van der Waals surface area contributed by atoms with Crippen LogP contribution in [0.15, 0.2) is 12.2 Å². The number of nitrogens with zero attached hydrogens (tertiary/aromatic N) is 1. The van der Waals surface area contributed by atoms with Crippen LogP contribution in [-0.2, 0) is 0 Å². The molecule has 0 spiro atoms. The van der Waals surface area contributed by atoms with E-state index in [9.17, 15) is 0 Å². The molecule has 0 aliphatic heterocycles. The maximum absolute atomic E-state index is 8.68. The van der Waals surface area contributed by atoms with Crippen molar-refractivity contribution in [2.45, 2.75) is 32.6 Å². The SMILES string of the molecule is CC1C=CC2(CC#N)CC(C1)C2. The van der Waals surface area contributed by atoms with E-state index >= 15 is 0 Å². The Bertz CT molecular complexity index is 240. The molecule has 1 unspecified atom stereocenters. The summed E-state index contributed by atoms with van der Waals surface area (Å²) in [6.45, 7) is 2.28. The largest absolute Gasteiger partial charge is 0.198 e. The molecule has 12 heavy (non-hydrogen) atoms. The van der Waals surface area contributed by atoms with Crippen LogP contribution in [0.5, 0.6) is 0 Å². The van der Waals surface area contributed by atoms with Crippen LogP contribution in [0.1, 0.15) is 32.6 Å². The Hall–Kier alpha value is -0.770. The number of allylic oxidation sites excluding steroid dienone is 2. The Labute approximate surface area is 74.1 Å². The second-order valence-electron chi connectivity index (χ2n) is 4.54. The highest BCUT2D eigenvalue weighted by atomic mass is 14.5. The fourth-order valence-corrected chi connectivity index (χ4v) is 2.73. The van der Waals surface area contributed by atoms with E-state index in [1.807, 2.05) is 0 Å².